The van der Waals surface area contributed by atoms with Crippen LogP contribution >= 0.6 is 22.9 Å². The highest BCUT2D eigenvalue weighted by Gasteiger charge is 2.28. The van der Waals surface area contributed by atoms with Crippen molar-refractivity contribution in [3.05, 3.63) is 51.2 Å². The zero-order valence-electron chi connectivity index (χ0n) is 14.6. The molecule has 1 aromatic heterocycles. The van der Waals surface area contributed by atoms with E-state index in [2.05, 4.69) is 5.32 Å². The Bertz CT molecular complexity index is 963. The predicted molar refractivity (Wildman–Crippen MR) is 108 cm³/mol. The summed E-state index contributed by atoms with van der Waals surface area (Å²) < 4.78 is 32.2. The number of sulfonamides is 1. The lowest BCUT2D eigenvalue weighted by Crippen LogP contribution is -2.40. The van der Waals surface area contributed by atoms with Gasteiger partial charge in [0.2, 0.25) is 15.9 Å². The number of carbonyl (C=O) groups excluding carboxylic acids is 1. The van der Waals surface area contributed by atoms with Crippen molar-refractivity contribution in [1.29, 1.82) is 0 Å². The Hall–Kier alpha value is -1.71. The molecule has 0 spiro atoms. The van der Waals surface area contributed by atoms with Crippen molar-refractivity contribution in [2.45, 2.75) is 11.8 Å². The molecule has 3 rings (SSSR count). The summed E-state index contributed by atoms with van der Waals surface area (Å²) in [7, 11) is -3.75. The van der Waals surface area contributed by atoms with Crippen LogP contribution in [0.15, 0.2) is 40.6 Å². The number of benzene rings is 1. The van der Waals surface area contributed by atoms with Crippen molar-refractivity contribution in [1.82, 2.24) is 4.31 Å². The van der Waals surface area contributed by atoms with Crippen molar-refractivity contribution in [3.8, 4) is 0 Å². The molecule has 0 unspecified atom stereocenters. The summed E-state index contributed by atoms with van der Waals surface area (Å²) in [5, 5.41) is 4.75. The maximum atomic E-state index is 12.8. The number of nitrogens with one attached hydrogen (secondary N) is 1. The fourth-order valence-corrected chi connectivity index (χ4v) is 5.32. The maximum absolute atomic E-state index is 12.8. The zero-order valence-corrected chi connectivity index (χ0v) is 17.0. The molecule has 2 aromatic rings. The minimum Gasteiger partial charge on any atom is -0.379 e. The van der Waals surface area contributed by atoms with Crippen LogP contribution in [-0.4, -0.2) is 44.9 Å². The number of hydrogen-bond acceptors (Lipinski definition) is 5. The Morgan fingerprint density at radius 1 is 1.30 bits per heavy atom. The Balaban J connectivity index is 1.77. The maximum Gasteiger partial charge on any atom is 0.248 e. The van der Waals surface area contributed by atoms with Gasteiger partial charge in [0.1, 0.15) is 4.90 Å². The number of amides is 1. The Morgan fingerprint density at radius 2 is 2.04 bits per heavy atom. The first-order valence-electron chi connectivity index (χ1n) is 8.28. The first-order chi connectivity index (χ1) is 12.9. The highest BCUT2D eigenvalue weighted by Crippen LogP contribution is 2.28. The number of morpholine rings is 1. The van der Waals surface area contributed by atoms with E-state index in [1.165, 1.54) is 22.5 Å². The summed E-state index contributed by atoms with van der Waals surface area (Å²) in [6.45, 7) is 3.22. The molecule has 0 aliphatic carbocycles. The molecule has 1 aliphatic heterocycles. The second-order valence-electron chi connectivity index (χ2n) is 5.95. The van der Waals surface area contributed by atoms with Crippen LogP contribution < -0.4 is 5.32 Å². The Morgan fingerprint density at radius 3 is 2.70 bits per heavy atom. The first-order valence-corrected chi connectivity index (χ1v) is 11.0. The number of hydrogen-bond donors (Lipinski definition) is 1. The molecule has 0 bridgehead atoms. The van der Waals surface area contributed by atoms with E-state index in [4.69, 9.17) is 16.3 Å². The lowest BCUT2D eigenvalue weighted by Gasteiger charge is -2.26. The molecule has 1 aromatic carbocycles. The Kier molecular flexibility index (Phi) is 6.33. The van der Waals surface area contributed by atoms with Crippen molar-refractivity contribution < 1.29 is 17.9 Å². The van der Waals surface area contributed by atoms with E-state index in [1.54, 1.807) is 23.5 Å². The van der Waals surface area contributed by atoms with E-state index in [1.807, 2.05) is 18.4 Å². The SMILES string of the molecule is Cc1ccsc1C=CC(=O)Nc1ccc(Cl)c(S(=O)(=O)N2CCOCC2)c1. The van der Waals surface area contributed by atoms with Crippen LogP contribution in [0.1, 0.15) is 10.4 Å². The quantitative estimate of drug-likeness (QED) is 0.743. The van der Waals surface area contributed by atoms with Crippen molar-refractivity contribution in [3.63, 3.8) is 0 Å². The van der Waals surface area contributed by atoms with Gasteiger partial charge in [0.15, 0.2) is 0 Å². The topological polar surface area (TPSA) is 75.7 Å². The average Bonchev–Trinajstić information content (AvgIpc) is 3.07. The monoisotopic (exact) mass is 426 g/mol. The number of nitrogens with zero attached hydrogens (tertiary/aromatic N) is 1. The van der Waals surface area contributed by atoms with Crippen molar-refractivity contribution in [2.24, 2.45) is 0 Å². The molecule has 9 heteroatoms. The molecule has 1 aliphatic rings. The van der Waals surface area contributed by atoms with Crippen LogP contribution in [0.2, 0.25) is 5.02 Å². The fourth-order valence-electron chi connectivity index (χ4n) is 2.60. The summed E-state index contributed by atoms with van der Waals surface area (Å²) in [5.41, 5.74) is 1.46. The molecule has 144 valence electrons. The number of carbonyl (C=O) groups is 1. The molecule has 2 heterocycles. The smallest absolute Gasteiger partial charge is 0.248 e. The van der Waals surface area contributed by atoms with Gasteiger partial charge < -0.3 is 10.1 Å². The van der Waals surface area contributed by atoms with Crippen LogP contribution in [0.5, 0.6) is 0 Å². The standard InChI is InChI=1S/C18H19ClN2O4S2/c1-13-6-11-26-16(13)4-5-18(22)20-14-2-3-15(19)17(12-14)27(23,24)21-7-9-25-10-8-21/h2-6,11-12H,7-10H2,1H3,(H,20,22). The van der Waals surface area contributed by atoms with Crippen LogP contribution in [0.3, 0.4) is 0 Å². The molecular weight excluding hydrogens is 408 g/mol. The summed E-state index contributed by atoms with van der Waals surface area (Å²) in [6, 6.07) is 6.40. The van der Waals surface area contributed by atoms with E-state index in [0.29, 0.717) is 18.9 Å². The largest absolute Gasteiger partial charge is 0.379 e. The molecule has 27 heavy (non-hydrogen) atoms. The molecule has 6 nitrogen and oxygen atoms in total. The van der Waals surface area contributed by atoms with Gasteiger partial charge in [-0.15, -0.1) is 11.3 Å². The minimum atomic E-state index is -3.75. The van der Waals surface area contributed by atoms with Gasteiger partial charge in [0.05, 0.1) is 18.2 Å². The molecule has 1 N–H and O–H groups in total. The van der Waals surface area contributed by atoms with Crippen LogP contribution in [0.25, 0.3) is 6.08 Å². The van der Waals surface area contributed by atoms with E-state index in [0.717, 1.165) is 10.4 Å². The lowest BCUT2D eigenvalue weighted by atomic mass is 10.2. The van der Waals surface area contributed by atoms with E-state index in [9.17, 15) is 13.2 Å². The van der Waals surface area contributed by atoms with Crippen molar-refractivity contribution in [2.75, 3.05) is 31.6 Å². The third-order valence-corrected chi connectivity index (χ3v) is 7.44. The molecule has 0 radical (unpaired) electrons. The number of anilines is 1. The number of thiophene rings is 1. The van der Waals surface area contributed by atoms with E-state index >= 15 is 0 Å². The third kappa shape index (κ3) is 4.77. The van der Waals surface area contributed by atoms with Gasteiger partial charge in [0, 0.05) is 29.7 Å². The van der Waals surface area contributed by atoms with Crippen LogP contribution in [0.4, 0.5) is 5.69 Å². The molecule has 0 atom stereocenters. The number of ether oxygens (including phenoxy) is 1. The highest BCUT2D eigenvalue weighted by atomic mass is 35.5. The number of aryl methyl sites for hydroxylation is 1. The van der Waals surface area contributed by atoms with Gasteiger partial charge in [-0.25, -0.2) is 8.42 Å². The summed E-state index contributed by atoms with van der Waals surface area (Å²) in [5.74, 6) is -0.347. The molecule has 1 amide bonds. The zero-order chi connectivity index (χ0) is 19.4. The molecule has 0 saturated carbocycles. The van der Waals surface area contributed by atoms with Gasteiger partial charge in [0.25, 0.3) is 0 Å². The Labute approximate surface area is 167 Å². The summed E-state index contributed by atoms with van der Waals surface area (Å²) in [6.07, 6.45) is 3.15. The highest BCUT2D eigenvalue weighted by molar-refractivity contribution is 7.89. The van der Waals surface area contributed by atoms with E-state index < -0.39 is 10.0 Å². The summed E-state index contributed by atoms with van der Waals surface area (Å²) >= 11 is 7.66. The molecular formula is C18H19ClN2O4S2. The second kappa shape index (κ2) is 8.53. The van der Waals surface area contributed by atoms with Gasteiger partial charge in [-0.05, 0) is 48.2 Å². The summed E-state index contributed by atoms with van der Waals surface area (Å²) in [4.78, 5) is 13.1. The average molecular weight is 427 g/mol. The van der Waals surface area contributed by atoms with Gasteiger partial charge in [-0.2, -0.15) is 4.31 Å². The number of halogens is 1. The minimum absolute atomic E-state index is 0.0260. The molecule has 1 fully saturated rings. The van der Waals surface area contributed by atoms with Gasteiger partial charge >= 0.3 is 0 Å². The first kappa shape index (κ1) is 20.0. The lowest BCUT2D eigenvalue weighted by molar-refractivity contribution is -0.111. The fraction of sp³-hybridized carbons (Fsp3) is 0.278. The number of rotatable bonds is 5. The third-order valence-electron chi connectivity index (χ3n) is 4.07. The van der Waals surface area contributed by atoms with Crippen LogP contribution in [-0.2, 0) is 19.6 Å². The van der Waals surface area contributed by atoms with Gasteiger partial charge in [-0.1, -0.05) is 11.6 Å². The normalized spacial score (nSPS) is 15.9. The predicted octanol–water partition coefficient (Wildman–Crippen LogP) is 3.38. The van der Waals surface area contributed by atoms with Gasteiger partial charge in [-0.3, -0.25) is 4.79 Å². The van der Waals surface area contributed by atoms with Crippen molar-refractivity contribution >= 4 is 50.6 Å². The second-order valence-corrected chi connectivity index (χ2v) is 9.21. The van der Waals surface area contributed by atoms with Crippen LogP contribution in [0, 0.1) is 6.92 Å². The molecule has 1 saturated heterocycles. The van der Waals surface area contributed by atoms with E-state index in [-0.39, 0.29) is 28.9 Å².